The summed E-state index contributed by atoms with van der Waals surface area (Å²) in [5.41, 5.74) is 3.55. The smallest absolute Gasteiger partial charge is 0.319 e. The Morgan fingerprint density at radius 1 is 1.06 bits per heavy atom. The van der Waals surface area contributed by atoms with Gasteiger partial charge in [-0.05, 0) is 48.9 Å². The molecule has 7 nitrogen and oxygen atoms in total. The van der Waals surface area contributed by atoms with Crippen LogP contribution in [0.25, 0.3) is 33.5 Å². The van der Waals surface area contributed by atoms with E-state index in [1.807, 2.05) is 55.5 Å². The summed E-state index contributed by atoms with van der Waals surface area (Å²) in [6.45, 7) is 1.82. The molecule has 1 amide bonds. The molecule has 9 heteroatoms. The molecule has 0 atom stereocenters. The van der Waals surface area contributed by atoms with Gasteiger partial charge in [0, 0.05) is 21.0 Å². The number of carbonyl (C=O) groups is 1. The number of fused-ring (bicyclic) bond motifs is 1. The highest BCUT2D eigenvalue weighted by Crippen LogP contribution is 2.32. The molecule has 3 aromatic carbocycles. The van der Waals surface area contributed by atoms with Gasteiger partial charge in [0.2, 0.25) is 0 Å². The number of aromatic nitrogens is 3. The number of benzene rings is 3. The normalized spacial score (nSPS) is 11.0. The minimum absolute atomic E-state index is 0.0137. The van der Waals surface area contributed by atoms with Crippen molar-refractivity contribution in [3.05, 3.63) is 98.7 Å². The number of amides is 1. The Bertz CT molecular complexity index is 1610. The van der Waals surface area contributed by atoms with Crippen LogP contribution < -0.4 is 11.1 Å². The average Bonchev–Trinajstić information content (AvgIpc) is 3.26. The highest BCUT2D eigenvalue weighted by Gasteiger charge is 2.21. The maximum absolute atomic E-state index is 14.9. The number of rotatable bonds is 4. The van der Waals surface area contributed by atoms with Crippen LogP contribution in [0.2, 0.25) is 0 Å². The van der Waals surface area contributed by atoms with Gasteiger partial charge in [-0.3, -0.25) is 14.3 Å². The quantitative estimate of drug-likeness (QED) is 0.317. The second-order valence-corrected chi connectivity index (χ2v) is 8.50. The van der Waals surface area contributed by atoms with Crippen LogP contribution in [0.3, 0.4) is 0 Å². The Hall–Kier alpha value is -4.11. The molecule has 5 aromatic rings. The molecule has 34 heavy (non-hydrogen) atoms. The van der Waals surface area contributed by atoms with E-state index in [1.54, 1.807) is 0 Å². The number of halogens is 2. The zero-order chi connectivity index (χ0) is 23.8. The molecule has 0 saturated carbocycles. The van der Waals surface area contributed by atoms with Gasteiger partial charge < -0.3 is 5.32 Å². The molecular weight excluding hydrogens is 503 g/mol. The lowest BCUT2D eigenvalue weighted by Crippen LogP contribution is -2.16. The van der Waals surface area contributed by atoms with E-state index in [0.29, 0.717) is 33.3 Å². The van der Waals surface area contributed by atoms with E-state index in [-0.39, 0.29) is 11.5 Å². The monoisotopic (exact) mass is 518 g/mol. The van der Waals surface area contributed by atoms with Gasteiger partial charge in [-0.25, -0.2) is 14.2 Å². The number of H-pyrrole nitrogens is 1. The zero-order valence-corrected chi connectivity index (χ0v) is 19.3. The fourth-order valence-electron chi connectivity index (χ4n) is 3.80. The van der Waals surface area contributed by atoms with Gasteiger partial charge in [-0.1, -0.05) is 51.4 Å². The Kier molecular flexibility index (Phi) is 5.54. The average molecular weight is 519 g/mol. The number of hydrogen-bond acceptors (Lipinski definition) is 5. The van der Waals surface area contributed by atoms with Crippen molar-refractivity contribution in [2.45, 2.75) is 6.92 Å². The van der Waals surface area contributed by atoms with Crippen LogP contribution in [0, 0.1) is 12.7 Å². The number of aromatic amines is 1. The molecule has 5 rings (SSSR count). The molecule has 168 valence electrons. The summed E-state index contributed by atoms with van der Waals surface area (Å²) in [5.74, 6) is -1.81. The highest BCUT2D eigenvalue weighted by molar-refractivity contribution is 9.10. The summed E-state index contributed by atoms with van der Waals surface area (Å²) < 4.78 is 20.1. The summed E-state index contributed by atoms with van der Waals surface area (Å²) in [4.78, 5) is 31.8. The van der Waals surface area contributed by atoms with Crippen LogP contribution in [0.4, 0.5) is 10.1 Å². The third kappa shape index (κ3) is 4.01. The molecule has 2 heterocycles. The van der Waals surface area contributed by atoms with Crippen molar-refractivity contribution in [2.75, 3.05) is 5.32 Å². The first-order valence-electron chi connectivity index (χ1n) is 10.2. The molecular formula is C25H16BrFN4O3. The second kappa shape index (κ2) is 8.68. The predicted molar refractivity (Wildman–Crippen MR) is 130 cm³/mol. The van der Waals surface area contributed by atoms with E-state index in [4.69, 9.17) is 4.98 Å². The fourth-order valence-corrected chi connectivity index (χ4v) is 4.16. The SMILES string of the molecule is Cc1c(-c2ccccc2)nc2ccc(Br)cc2c1C(=O)Nc1ccc(-c2noc(=O)[nH]2)cc1F. The van der Waals surface area contributed by atoms with Crippen molar-refractivity contribution in [1.29, 1.82) is 0 Å². The van der Waals surface area contributed by atoms with E-state index < -0.39 is 17.5 Å². The molecule has 0 radical (unpaired) electrons. The maximum Gasteiger partial charge on any atom is 0.439 e. The summed E-state index contributed by atoms with van der Waals surface area (Å²) in [6.07, 6.45) is 0. The predicted octanol–water partition coefficient (Wildman–Crippen LogP) is 5.71. The van der Waals surface area contributed by atoms with Crippen LogP contribution >= 0.6 is 15.9 Å². The van der Waals surface area contributed by atoms with Crippen molar-refractivity contribution in [2.24, 2.45) is 0 Å². The van der Waals surface area contributed by atoms with Crippen LogP contribution in [-0.2, 0) is 0 Å². The van der Waals surface area contributed by atoms with E-state index >= 15 is 0 Å². The van der Waals surface area contributed by atoms with Crippen molar-refractivity contribution >= 4 is 38.4 Å². The third-order valence-corrected chi connectivity index (χ3v) is 5.89. The van der Waals surface area contributed by atoms with Crippen LogP contribution in [0.1, 0.15) is 15.9 Å². The molecule has 0 fully saturated rings. The van der Waals surface area contributed by atoms with E-state index in [2.05, 4.69) is 35.9 Å². The molecule has 0 aliphatic heterocycles. The van der Waals surface area contributed by atoms with Gasteiger partial charge >= 0.3 is 5.76 Å². The maximum atomic E-state index is 14.9. The molecule has 2 N–H and O–H groups in total. The van der Waals surface area contributed by atoms with Crippen molar-refractivity contribution in [1.82, 2.24) is 15.1 Å². The van der Waals surface area contributed by atoms with Gasteiger partial charge in [0.1, 0.15) is 5.82 Å². The summed E-state index contributed by atoms with van der Waals surface area (Å²) in [6, 6.07) is 19.2. The van der Waals surface area contributed by atoms with Crippen LogP contribution in [0.5, 0.6) is 0 Å². The first kappa shape index (κ1) is 21.7. The Balaban J connectivity index is 1.58. The van der Waals surface area contributed by atoms with Gasteiger partial charge in [0.25, 0.3) is 5.91 Å². The molecule has 0 aliphatic rings. The standard InChI is InChI=1S/C25H16BrFN4O3/c1-13-21(17-12-16(26)8-10-19(17)28-22(13)14-5-3-2-4-6-14)24(32)29-20-9-7-15(11-18(20)27)23-30-25(33)34-31-23/h2-12H,1H3,(H,29,32)(H,30,31,33). The zero-order valence-electron chi connectivity index (χ0n) is 17.7. The van der Waals surface area contributed by atoms with Crippen molar-refractivity contribution in [3.63, 3.8) is 0 Å². The number of pyridine rings is 1. The topological polar surface area (TPSA) is 101 Å². The number of nitrogens with zero attached hydrogens (tertiary/aromatic N) is 2. The summed E-state index contributed by atoms with van der Waals surface area (Å²) in [7, 11) is 0. The minimum atomic E-state index is -0.742. The Labute approximate surface area is 200 Å². The molecule has 0 saturated heterocycles. The number of carbonyl (C=O) groups excluding carboxylic acids is 1. The molecule has 0 aliphatic carbocycles. The lowest BCUT2D eigenvalue weighted by Gasteiger charge is -2.15. The fraction of sp³-hybridized carbons (Fsp3) is 0.0400. The van der Waals surface area contributed by atoms with Crippen LogP contribution in [-0.4, -0.2) is 21.0 Å². The third-order valence-electron chi connectivity index (χ3n) is 5.40. The number of nitrogens with one attached hydrogen (secondary N) is 2. The molecule has 2 aromatic heterocycles. The van der Waals surface area contributed by atoms with E-state index in [0.717, 1.165) is 16.1 Å². The lowest BCUT2D eigenvalue weighted by molar-refractivity contribution is 0.102. The second-order valence-electron chi connectivity index (χ2n) is 7.58. The van der Waals surface area contributed by atoms with Gasteiger partial charge in [0.15, 0.2) is 5.82 Å². The highest BCUT2D eigenvalue weighted by atomic mass is 79.9. The van der Waals surface area contributed by atoms with E-state index in [9.17, 15) is 14.0 Å². The Morgan fingerprint density at radius 3 is 2.56 bits per heavy atom. The van der Waals surface area contributed by atoms with Crippen molar-refractivity contribution < 1.29 is 13.7 Å². The minimum Gasteiger partial charge on any atom is -0.319 e. The van der Waals surface area contributed by atoms with Gasteiger partial charge in [-0.15, -0.1) is 0 Å². The number of anilines is 1. The van der Waals surface area contributed by atoms with Gasteiger partial charge in [0.05, 0.1) is 22.5 Å². The summed E-state index contributed by atoms with van der Waals surface area (Å²) >= 11 is 3.46. The van der Waals surface area contributed by atoms with Crippen LogP contribution in [0.15, 0.2) is 80.5 Å². The first-order valence-corrected chi connectivity index (χ1v) is 11.0. The van der Waals surface area contributed by atoms with E-state index in [1.165, 1.54) is 12.1 Å². The van der Waals surface area contributed by atoms with Gasteiger partial charge in [-0.2, -0.15) is 0 Å². The molecule has 0 unspecified atom stereocenters. The lowest BCUT2D eigenvalue weighted by atomic mass is 9.97. The molecule has 0 spiro atoms. The molecule has 0 bridgehead atoms. The van der Waals surface area contributed by atoms with Crippen molar-refractivity contribution in [3.8, 4) is 22.6 Å². The number of hydrogen-bond donors (Lipinski definition) is 2. The first-order chi connectivity index (χ1) is 16.4. The largest absolute Gasteiger partial charge is 0.439 e. The Morgan fingerprint density at radius 2 is 1.85 bits per heavy atom. The summed E-state index contributed by atoms with van der Waals surface area (Å²) in [5, 5.41) is 6.86.